The van der Waals surface area contributed by atoms with Crippen molar-refractivity contribution in [3.8, 4) is 0 Å². The number of hydrogen-bond donors (Lipinski definition) is 1. The van der Waals surface area contributed by atoms with Crippen LogP contribution >= 0.6 is 11.8 Å². The summed E-state index contributed by atoms with van der Waals surface area (Å²) < 4.78 is 1.64. The summed E-state index contributed by atoms with van der Waals surface area (Å²) in [6.07, 6.45) is 2.31. The topological polar surface area (TPSA) is 32.3 Å². The number of hydrogen-bond acceptors (Lipinski definition) is 2. The molecule has 0 unspecified atom stereocenters. The van der Waals surface area contributed by atoms with Gasteiger partial charge in [-0.05, 0) is 24.6 Å². The zero-order chi connectivity index (χ0) is 7.84. The molecule has 62 valence electrons. The lowest BCUT2D eigenvalue weighted by molar-refractivity contribution is -0.128. The lowest BCUT2D eigenvalue weighted by Crippen LogP contribution is -2.49. The highest BCUT2D eigenvalue weighted by molar-refractivity contribution is 6.14. The third kappa shape index (κ3) is 1.65. The maximum atomic E-state index is 11.2. The van der Waals surface area contributed by atoms with Crippen LogP contribution in [0.4, 0.5) is 0 Å². The molecular weight excluding hydrogens is 164 g/mol. The van der Waals surface area contributed by atoms with E-state index in [2.05, 4.69) is 5.32 Å². The van der Waals surface area contributed by atoms with Crippen molar-refractivity contribution in [2.45, 2.75) is 18.9 Å². The van der Waals surface area contributed by atoms with Gasteiger partial charge in [-0.3, -0.25) is 4.79 Å². The van der Waals surface area contributed by atoms with Gasteiger partial charge in [-0.1, -0.05) is 0 Å². The lowest BCUT2D eigenvalue weighted by atomic mass is 10.0. The van der Waals surface area contributed by atoms with E-state index in [0.717, 1.165) is 12.8 Å². The molecule has 1 saturated carbocycles. The first-order chi connectivity index (χ1) is 5.25. The van der Waals surface area contributed by atoms with Gasteiger partial charge < -0.3 is 5.32 Å². The van der Waals surface area contributed by atoms with E-state index in [1.165, 1.54) is 0 Å². The maximum absolute atomic E-state index is 11.2. The zero-order valence-corrected chi connectivity index (χ0v) is 6.97. The Morgan fingerprint density at radius 1 is 1.45 bits per heavy atom. The number of carbonyl (C=O) groups is 1. The first-order valence-corrected chi connectivity index (χ1v) is 4.30. The second-order valence-corrected chi connectivity index (χ2v) is 3.79. The highest BCUT2D eigenvalue weighted by Crippen LogP contribution is 2.22. The van der Waals surface area contributed by atoms with Gasteiger partial charge in [0.15, 0.2) is 0 Å². The number of amides is 1. The van der Waals surface area contributed by atoms with Crippen molar-refractivity contribution in [3.05, 3.63) is 0 Å². The molecule has 0 aromatic heterocycles. The van der Waals surface area contributed by atoms with E-state index in [9.17, 15) is 4.79 Å². The fraction of sp³-hybridized carbons (Fsp3) is 0.857. The van der Waals surface area contributed by atoms with Gasteiger partial charge in [0.2, 0.25) is 5.91 Å². The first-order valence-electron chi connectivity index (χ1n) is 3.97. The number of nitrogens with zero attached hydrogens (tertiary/aromatic N) is 1. The van der Waals surface area contributed by atoms with Crippen LogP contribution in [0.3, 0.4) is 0 Å². The van der Waals surface area contributed by atoms with E-state index < -0.39 is 0 Å². The Labute approximate surface area is 70.8 Å². The van der Waals surface area contributed by atoms with Crippen molar-refractivity contribution < 1.29 is 4.79 Å². The average Bonchev–Trinajstić information content (AvgIpc) is 2.64. The molecule has 2 aliphatic rings. The van der Waals surface area contributed by atoms with Crippen LogP contribution in [0, 0.1) is 5.92 Å². The average molecular weight is 175 g/mol. The van der Waals surface area contributed by atoms with Crippen molar-refractivity contribution in [2.24, 2.45) is 5.92 Å². The van der Waals surface area contributed by atoms with E-state index in [0.29, 0.717) is 19.1 Å². The zero-order valence-electron chi connectivity index (χ0n) is 6.22. The van der Waals surface area contributed by atoms with Crippen molar-refractivity contribution in [1.82, 2.24) is 9.74 Å². The van der Waals surface area contributed by atoms with Gasteiger partial charge in [0.1, 0.15) is 0 Å². The molecule has 0 radical (unpaired) electrons. The number of nitrogens with one attached hydrogen (secondary N) is 1. The number of rotatable bonds is 2. The fourth-order valence-corrected chi connectivity index (χ4v) is 1.47. The number of halogens is 1. The Morgan fingerprint density at radius 3 is 2.55 bits per heavy atom. The summed E-state index contributed by atoms with van der Waals surface area (Å²) in [5.41, 5.74) is 0. The van der Waals surface area contributed by atoms with Crippen LogP contribution in [0.15, 0.2) is 0 Å². The van der Waals surface area contributed by atoms with Crippen LogP contribution in [0.1, 0.15) is 12.8 Å². The second-order valence-electron chi connectivity index (χ2n) is 3.31. The monoisotopic (exact) mass is 174 g/mol. The molecule has 1 aliphatic heterocycles. The Hall–Kier alpha value is -0.280. The summed E-state index contributed by atoms with van der Waals surface area (Å²) in [7, 11) is 0. The molecule has 0 bridgehead atoms. The highest BCUT2D eigenvalue weighted by atomic mass is 35.5. The Balaban J connectivity index is 1.72. The Morgan fingerprint density at radius 2 is 2.09 bits per heavy atom. The Bertz CT molecular complexity index is 175. The smallest absolute Gasteiger partial charge is 0.226 e. The minimum Gasteiger partial charge on any atom is -0.353 e. The van der Waals surface area contributed by atoms with Crippen LogP contribution < -0.4 is 5.32 Å². The fourth-order valence-electron chi connectivity index (χ4n) is 1.14. The van der Waals surface area contributed by atoms with Gasteiger partial charge in [-0.2, -0.15) is 0 Å². The van der Waals surface area contributed by atoms with E-state index in [1.54, 1.807) is 4.42 Å². The van der Waals surface area contributed by atoms with E-state index in [4.69, 9.17) is 11.8 Å². The predicted molar refractivity (Wildman–Crippen MR) is 42.1 cm³/mol. The van der Waals surface area contributed by atoms with Crippen LogP contribution in [0.2, 0.25) is 0 Å². The van der Waals surface area contributed by atoms with E-state index >= 15 is 0 Å². The van der Waals surface area contributed by atoms with Crippen LogP contribution in [0.25, 0.3) is 0 Å². The molecule has 1 heterocycles. The summed E-state index contributed by atoms with van der Waals surface area (Å²) in [6, 6.07) is 0.479. The summed E-state index contributed by atoms with van der Waals surface area (Å²) in [4.78, 5) is 11.2. The molecular formula is C7H11ClN2O. The first kappa shape index (κ1) is 7.37. The molecule has 0 atom stereocenters. The molecule has 1 N–H and O–H groups in total. The molecule has 4 heteroatoms. The van der Waals surface area contributed by atoms with Gasteiger partial charge in [0.05, 0.1) is 5.92 Å². The summed E-state index contributed by atoms with van der Waals surface area (Å²) in [5.74, 6) is 0.331. The van der Waals surface area contributed by atoms with E-state index in [1.807, 2.05) is 0 Å². The van der Waals surface area contributed by atoms with Gasteiger partial charge in [-0.15, -0.1) is 0 Å². The largest absolute Gasteiger partial charge is 0.353 e. The minimum atomic E-state index is 0.146. The lowest BCUT2D eigenvalue weighted by Gasteiger charge is -2.32. The maximum Gasteiger partial charge on any atom is 0.226 e. The number of carbonyl (C=O) groups excluding carboxylic acids is 1. The molecule has 1 saturated heterocycles. The summed E-state index contributed by atoms with van der Waals surface area (Å²) in [5, 5.41) is 2.95. The van der Waals surface area contributed by atoms with Gasteiger partial charge in [-0.25, -0.2) is 4.42 Å². The summed E-state index contributed by atoms with van der Waals surface area (Å²) >= 11 is 5.59. The third-order valence-electron chi connectivity index (χ3n) is 2.13. The molecule has 0 spiro atoms. The second kappa shape index (κ2) is 2.64. The van der Waals surface area contributed by atoms with Gasteiger partial charge >= 0.3 is 0 Å². The van der Waals surface area contributed by atoms with Gasteiger partial charge in [0.25, 0.3) is 0 Å². The van der Waals surface area contributed by atoms with Gasteiger partial charge in [0, 0.05) is 19.1 Å². The van der Waals surface area contributed by atoms with Crippen LogP contribution in [-0.2, 0) is 4.79 Å². The molecule has 0 aromatic rings. The normalized spacial score (nSPS) is 26.3. The molecule has 11 heavy (non-hydrogen) atoms. The molecule has 2 rings (SSSR count). The van der Waals surface area contributed by atoms with Crippen LogP contribution in [-0.4, -0.2) is 29.5 Å². The Kier molecular flexibility index (Phi) is 1.77. The molecule has 3 nitrogen and oxygen atoms in total. The predicted octanol–water partition coefficient (Wildman–Crippen LogP) is 0.351. The third-order valence-corrected chi connectivity index (χ3v) is 2.41. The molecule has 2 fully saturated rings. The highest BCUT2D eigenvalue weighted by Gasteiger charge is 2.34. The molecule has 0 aromatic carbocycles. The molecule has 1 aliphatic carbocycles. The standard InChI is InChI=1S/C7H11ClN2O/c8-10-3-5(4-10)7(11)9-6-1-2-6/h5-6H,1-4H2,(H,9,11). The minimum absolute atomic E-state index is 0.146. The van der Waals surface area contributed by atoms with Crippen molar-refractivity contribution in [2.75, 3.05) is 13.1 Å². The van der Waals surface area contributed by atoms with E-state index in [-0.39, 0.29) is 11.8 Å². The quantitative estimate of drug-likeness (QED) is 0.613. The van der Waals surface area contributed by atoms with Crippen molar-refractivity contribution in [3.63, 3.8) is 0 Å². The van der Waals surface area contributed by atoms with Crippen LogP contribution in [0.5, 0.6) is 0 Å². The SMILES string of the molecule is O=C(NC1CC1)C1CN(Cl)C1. The van der Waals surface area contributed by atoms with Crippen molar-refractivity contribution in [1.29, 1.82) is 0 Å². The molecule has 1 amide bonds. The summed E-state index contributed by atoms with van der Waals surface area (Å²) in [6.45, 7) is 1.42. The van der Waals surface area contributed by atoms with Crippen molar-refractivity contribution >= 4 is 17.7 Å².